The third kappa shape index (κ3) is 2.18. The molecule has 0 fully saturated rings. The van der Waals surface area contributed by atoms with Gasteiger partial charge in [-0.2, -0.15) is 0 Å². The minimum absolute atomic E-state index is 0.193. The van der Waals surface area contributed by atoms with E-state index in [1.807, 2.05) is 6.92 Å². The molecule has 13 heavy (non-hydrogen) atoms. The number of carbonyl (C=O) groups is 1. The number of aromatic hydroxyl groups is 1. The van der Waals surface area contributed by atoms with E-state index >= 15 is 0 Å². The van der Waals surface area contributed by atoms with Gasteiger partial charge >= 0.3 is 5.97 Å². The third-order valence-electron chi connectivity index (χ3n) is 1.42. The molecule has 0 spiro atoms. The van der Waals surface area contributed by atoms with E-state index in [2.05, 4.69) is 4.98 Å². The first-order valence-corrected chi connectivity index (χ1v) is 4.86. The predicted molar refractivity (Wildman–Crippen MR) is 49.1 cm³/mol. The number of esters is 1. The molecule has 0 saturated heterocycles. The van der Waals surface area contributed by atoms with Crippen molar-refractivity contribution >= 4 is 17.3 Å². The van der Waals surface area contributed by atoms with Crippen LogP contribution in [0.4, 0.5) is 0 Å². The molecule has 0 unspecified atom stereocenters. The first kappa shape index (κ1) is 9.98. The number of carbonyl (C=O) groups excluding carboxylic acids is 1. The lowest BCUT2D eigenvalue weighted by atomic mass is 10.5. The Balaban J connectivity index is 2.87. The molecule has 1 heterocycles. The quantitative estimate of drug-likeness (QED) is 0.754. The molecule has 0 saturated carbocycles. The smallest absolute Gasteiger partial charge is 0.353 e. The molecular formula is C8H11NO3S. The average molecular weight is 201 g/mol. The summed E-state index contributed by atoms with van der Waals surface area (Å²) in [5.74, 6) is -0.725. The molecule has 5 heteroatoms. The van der Waals surface area contributed by atoms with E-state index in [0.29, 0.717) is 13.0 Å². The minimum atomic E-state index is -0.503. The van der Waals surface area contributed by atoms with Gasteiger partial charge in [-0.25, -0.2) is 9.78 Å². The molecule has 0 amide bonds. The molecule has 1 aromatic heterocycles. The molecule has 1 aromatic rings. The molecule has 4 nitrogen and oxygen atoms in total. The highest BCUT2D eigenvalue weighted by Gasteiger charge is 2.17. The topological polar surface area (TPSA) is 59.4 Å². The summed E-state index contributed by atoms with van der Waals surface area (Å²) in [6, 6.07) is 0. The fourth-order valence-corrected chi connectivity index (χ4v) is 1.63. The fourth-order valence-electron chi connectivity index (χ4n) is 0.836. The van der Waals surface area contributed by atoms with Crippen molar-refractivity contribution in [3.8, 4) is 5.88 Å². The highest BCUT2D eigenvalue weighted by molar-refractivity contribution is 7.13. The zero-order valence-electron chi connectivity index (χ0n) is 7.53. The Morgan fingerprint density at radius 3 is 2.77 bits per heavy atom. The van der Waals surface area contributed by atoms with Crippen LogP contribution in [0.3, 0.4) is 0 Å². The van der Waals surface area contributed by atoms with Gasteiger partial charge < -0.3 is 9.84 Å². The Morgan fingerprint density at radius 2 is 2.31 bits per heavy atom. The van der Waals surface area contributed by atoms with Crippen LogP contribution in [0, 0.1) is 0 Å². The number of hydrogen-bond acceptors (Lipinski definition) is 5. The number of ether oxygens (including phenoxy) is 1. The van der Waals surface area contributed by atoms with E-state index in [1.54, 1.807) is 6.92 Å². The average Bonchev–Trinajstić information content (AvgIpc) is 2.47. The van der Waals surface area contributed by atoms with Crippen molar-refractivity contribution in [1.82, 2.24) is 4.98 Å². The molecule has 72 valence electrons. The van der Waals surface area contributed by atoms with Gasteiger partial charge in [-0.15, -0.1) is 11.3 Å². The molecule has 0 aliphatic carbocycles. The summed E-state index contributed by atoms with van der Waals surface area (Å²) >= 11 is 1.17. The predicted octanol–water partition coefficient (Wildman–Crippen LogP) is 1.59. The Bertz CT molecular complexity index is 308. The highest BCUT2D eigenvalue weighted by Crippen LogP contribution is 2.24. The summed E-state index contributed by atoms with van der Waals surface area (Å²) in [7, 11) is 0. The number of thiazole rings is 1. The molecule has 0 aliphatic rings. The van der Waals surface area contributed by atoms with Gasteiger partial charge in [-0.05, 0) is 13.3 Å². The van der Waals surface area contributed by atoms with E-state index in [4.69, 9.17) is 4.74 Å². The van der Waals surface area contributed by atoms with Gasteiger partial charge in [0.15, 0.2) is 4.88 Å². The Kier molecular flexibility index (Phi) is 3.25. The normalized spacial score (nSPS) is 10.0. The lowest BCUT2D eigenvalue weighted by Gasteiger charge is -1.96. The van der Waals surface area contributed by atoms with E-state index < -0.39 is 5.97 Å². The molecule has 0 atom stereocenters. The van der Waals surface area contributed by atoms with Crippen LogP contribution in [0.15, 0.2) is 0 Å². The molecule has 0 aromatic carbocycles. The first-order chi connectivity index (χ1) is 6.19. The summed E-state index contributed by atoms with van der Waals surface area (Å²) in [6.07, 6.45) is 0.706. The van der Waals surface area contributed by atoms with Crippen LogP contribution in [0.25, 0.3) is 0 Å². The minimum Gasteiger partial charge on any atom is -0.492 e. The van der Waals surface area contributed by atoms with Gasteiger partial charge in [0.1, 0.15) is 0 Å². The summed E-state index contributed by atoms with van der Waals surface area (Å²) in [6.45, 7) is 3.93. The summed E-state index contributed by atoms with van der Waals surface area (Å²) in [5, 5.41) is 9.99. The SMILES string of the molecule is CCOC(=O)c1sc(CC)nc1O. The number of rotatable bonds is 3. The Labute approximate surface area is 80.2 Å². The lowest BCUT2D eigenvalue weighted by molar-refractivity contribution is 0.0528. The fraction of sp³-hybridized carbons (Fsp3) is 0.500. The highest BCUT2D eigenvalue weighted by atomic mass is 32.1. The van der Waals surface area contributed by atoms with Crippen LogP contribution in [-0.2, 0) is 11.2 Å². The second kappa shape index (κ2) is 4.23. The van der Waals surface area contributed by atoms with E-state index in [0.717, 1.165) is 5.01 Å². The van der Waals surface area contributed by atoms with Crippen LogP contribution in [0.1, 0.15) is 28.5 Å². The maximum atomic E-state index is 11.2. The molecule has 1 rings (SSSR count). The maximum Gasteiger partial charge on any atom is 0.353 e. The van der Waals surface area contributed by atoms with Crippen molar-refractivity contribution in [2.45, 2.75) is 20.3 Å². The number of hydrogen-bond donors (Lipinski definition) is 1. The van der Waals surface area contributed by atoms with Crippen molar-refractivity contribution in [2.75, 3.05) is 6.61 Å². The first-order valence-electron chi connectivity index (χ1n) is 4.04. The Morgan fingerprint density at radius 1 is 1.62 bits per heavy atom. The zero-order chi connectivity index (χ0) is 9.84. The van der Waals surface area contributed by atoms with Crippen LogP contribution in [-0.4, -0.2) is 22.7 Å². The van der Waals surface area contributed by atoms with Crippen LogP contribution >= 0.6 is 11.3 Å². The van der Waals surface area contributed by atoms with Crippen LogP contribution in [0.5, 0.6) is 5.88 Å². The van der Waals surface area contributed by atoms with Crippen molar-refractivity contribution in [1.29, 1.82) is 0 Å². The van der Waals surface area contributed by atoms with Crippen molar-refractivity contribution in [3.05, 3.63) is 9.88 Å². The standard InChI is InChI=1S/C8H11NO3S/c1-3-5-9-7(10)6(13-5)8(11)12-4-2/h10H,3-4H2,1-2H3. The lowest BCUT2D eigenvalue weighted by Crippen LogP contribution is -2.02. The molecular weight excluding hydrogens is 190 g/mol. The van der Waals surface area contributed by atoms with Crippen molar-refractivity contribution < 1.29 is 14.6 Å². The molecule has 1 N–H and O–H groups in total. The molecule has 0 bridgehead atoms. The van der Waals surface area contributed by atoms with Gasteiger partial charge in [0.05, 0.1) is 11.6 Å². The molecule has 0 radical (unpaired) electrons. The van der Waals surface area contributed by atoms with Gasteiger partial charge in [0.25, 0.3) is 0 Å². The van der Waals surface area contributed by atoms with Crippen LogP contribution < -0.4 is 0 Å². The number of aryl methyl sites for hydroxylation is 1. The maximum absolute atomic E-state index is 11.2. The summed E-state index contributed by atoms with van der Waals surface area (Å²) < 4.78 is 4.74. The summed E-state index contributed by atoms with van der Waals surface area (Å²) in [4.78, 5) is 15.2. The van der Waals surface area contributed by atoms with E-state index in [9.17, 15) is 9.90 Å². The van der Waals surface area contributed by atoms with E-state index in [1.165, 1.54) is 11.3 Å². The van der Waals surface area contributed by atoms with Gasteiger partial charge in [-0.1, -0.05) is 6.92 Å². The largest absolute Gasteiger partial charge is 0.492 e. The second-order valence-corrected chi connectivity index (χ2v) is 3.42. The van der Waals surface area contributed by atoms with E-state index in [-0.39, 0.29) is 10.8 Å². The number of nitrogens with zero attached hydrogens (tertiary/aromatic N) is 1. The van der Waals surface area contributed by atoms with Gasteiger partial charge in [0.2, 0.25) is 5.88 Å². The monoisotopic (exact) mass is 201 g/mol. The Hall–Kier alpha value is -1.10. The van der Waals surface area contributed by atoms with Gasteiger partial charge in [0, 0.05) is 0 Å². The zero-order valence-corrected chi connectivity index (χ0v) is 8.35. The van der Waals surface area contributed by atoms with Crippen LogP contribution in [0.2, 0.25) is 0 Å². The second-order valence-electron chi connectivity index (χ2n) is 2.33. The third-order valence-corrected chi connectivity index (χ3v) is 2.59. The van der Waals surface area contributed by atoms with Gasteiger partial charge in [-0.3, -0.25) is 0 Å². The van der Waals surface area contributed by atoms with Crippen molar-refractivity contribution in [2.24, 2.45) is 0 Å². The molecule has 0 aliphatic heterocycles. The summed E-state index contributed by atoms with van der Waals surface area (Å²) in [5.41, 5.74) is 0. The van der Waals surface area contributed by atoms with Crippen molar-refractivity contribution in [3.63, 3.8) is 0 Å². The number of aromatic nitrogens is 1.